The van der Waals surface area contributed by atoms with E-state index in [0.29, 0.717) is 49.0 Å². The number of nitro benzene ring substituents is 1. The van der Waals surface area contributed by atoms with Gasteiger partial charge in [-0.1, -0.05) is 0 Å². The Hall–Kier alpha value is -2.97. The lowest BCUT2D eigenvalue weighted by atomic mass is 10.0. The number of aliphatic carboxylic acids is 1. The van der Waals surface area contributed by atoms with Crippen molar-refractivity contribution in [2.45, 2.75) is 46.1 Å². The number of aryl methyl sites for hydroxylation is 2. The summed E-state index contributed by atoms with van der Waals surface area (Å²) in [5.41, 5.74) is 1.38. The first-order valence-electron chi connectivity index (χ1n) is 9.15. The Morgan fingerprint density at radius 1 is 1.21 bits per heavy atom. The fraction of sp³-hybridized carbons (Fsp3) is 0.526. The van der Waals surface area contributed by atoms with Gasteiger partial charge in [-0.3, -0.25) is 24.5 Å². The van der Waals surface area contributed by atoms with Crippen molar-refractivity contribution in [3.05, 3.63) is 38.9 Å². The Labute approximate surface area is 163 Å². The van der Waals surface area contributed by atoms with Crippen molar-refractivity contribution in [1.29, 1.82) is 0 Å². The van der Waals surface area contributed by atoms with Crippen LogP contribution in [0.1, 0.15) is 47.7 Å². The van der Waals surface area contributed by atoms with Gasteiger partial charge in [-0.2, -0.15) is 0 Å². The molecule has 0 spiro atoms. The van der Waals surface area contributed by atoms with E-state index >= 15 is 0 Å². The zero-order valence-electron chi connectivity index (χ0n) is 16.3. The molecule has 1 aliphatic rings. The number of rotatable bonds is 5. The third-order valence-electron chi connectivity index (χ3n) is 5.11. The molecular weight excluding hydrogens is 366 g/mol. The molecule has 1 aromatic rings. The minimum absolute atomic E-state index is 0.0918. The number of hydrogen-bond acceptors (Lipinski definition) is 5. The Kier molecular flexibility index (Phi) is 6.71. The minimum atomic E-state index is -1.07. The third-order valence-corrected chi connectivity index (χ3v) is 5.11. The molecule has 28 heavy (non-hydrogen) atoms. The van der Waals surface area contributed by atoms with Gasteiger partial charge in [0.1, 0.15) is 6.54 Å². The smallest absolute Gasteiger partial charge is 0.323 e. The highest BCUT2D eigenvalue weighted by Gasteiger charge is 2.29. The number of likely N-dealkylation sites (tertiary alicyclic amines) is 1. The summed E-state index contributed by atoms with van der Waals surface area (Å²) in [6.45, 7) is 5.16. The van der Waals surface area contributed by atoms with E-state index in [4.69, 9.17) is 5.11 Å². The minimum Gasteiger partial charge on any atom is -0.480 e. The molecule has 152 valence electrons. The molecule has 2 amide bonds. The molecule has 1 aromatic carbocycles. The van der Waals surface area contributed by atoms with E-state index in [1.54, 1.807) is 24.8 Å². The van der Waals surface area contributed by atoms with Gasteiger partial charge < -0.3 is 14.9 Å². The van der Waals surface area contributed by atoms with Crippen LogP contribution in [0.25, 0.3) is 0 Å². The highest BCUT2D eigenvalue weighted by atomic mass is 16.6. The summed E-state index contributed by atoms with van der Waals surface area (Å²) in [5.74, 6) is -1.67. The van der Waals surface area contributed by atoms with Crippen molar-refractivity contribution < 1.29 is 24.4 Å². The SMILES string of the molecule is CC(=O)N(CC(=O)O)C1CCCN(C(=O)c2cc([N+](=O)[O-])c(C)cc2C)CC1. The molecule has 1 atom stereocenters. The molecule has 0 aliphatic carbocycles. The number of carbonyl (C=O) groups is 3. The number of nitrogens with zero attached hydrogens (tertiary/aromatic N) is 3. The van der Waals surface area contributed by atoms with Gasteiger partial charge in [0.05, 0.1) is 4.92 Å². The largest absolute Gasteiger partial charge is 0.480 e. The number of nitro groups is 1. The van der Waals surface area contributed by atoms with Crippen LogP contribution in [0, 0.1) is 24.0 Å². The van der Waals surface area contributed by atoms with Gasteiger partial charge in [0.2, 0.25) is 5.91 Å². The Morgan fingerprint density at radius 2 is 1.89 bits per heavy atom. The maximum absolute atomic E-state index is 13.0. The molecule has 0 radical (unpaired) electrons. The van der Waals surface area contributed by atoms with Crippen LogP contribution in [0.5, 0.6) is 0 Å². The molecule has 0 bridgehead atoms. The quantitative estimate of drug-likeness (QED) is 0.606. The molecule has 1 saturated heterocycles. The van der Waals surface area contributed by atoms with E-state index in [1.807, 2.05) is 0 Å². The molecule has 9 heteroatoms. The summed E-state index contributed by atoms with van der Waals surface area (Å²) in [6.07, 6.45) is 1.68. The van der Waals surface area contributed by atoms with E-state index in [1.165, 1.54) is 17.9 Å². The second-order valence-corrected chi connectivity index (χ2v) is 7.13. The molecule has 1 N–H and O–H groups in total. The summed E-state index contributed by atoms with van der Waals surface area (Å²) in [5, 5.41) is 20.2. The van der Waals surface area contributed by atoms with Gasteiger partial charge in [-0.15, -0.1) is 0 Å². The van der Waals surface area contributed by atoms with Gasteiger partial charge in [-0.05, 0) is 44.7 Å². The van der Waals surface area contributed by atoms with E-state index in [0.717, 1.165) is 0 Å². The molecule has 9 nitrogen and oxygen atoms in total. The normalized spacial score (nSPS) is 17.0. The van der Waals surface area contributed by atoms with Crippen molar-refractivity contribution in [2.75, 3.05) is 19.6 Å². The summed E-state index contributed by atoms with van der Waals surface area (Å²) in [6, 6.07) is 2.71. The second kappa shape index (κ2) is 8.81. The highest BCUT2D eigenvalue weighted by molar-refractivity contribution is 5.96. The van der Waals surface area contributed by atoms with Gasteiger partial charge in [-0.25, -0.2) is 0 Å². The van der Waals surface area contributed by atoms with Crippen molar-refractivity contribution in [2.24, 2.45) is 0 Å². The number of benzene rings is 1. The summed E-state index contributed by atoms with van der Waals surface area (Å²) < 4.78 is 0. The highest BCUT2D eigenvalue weighted by Crippen LogP contribution is 2.25. The summed E-state index contributed by atoms with van der Waals surface area (Å²) in [7, 11) is 0. The molecule has 1 fully saturated rings. The first-order valence-corrected chi connectivity index (χ1v) is 9.15. The number of carbonyl (C=O) groups excluding carboxylic acids is 2. The number of amides is 2. The fourth-order valence-electron chi connectivity index (χ4n) is 3.68. The number of carboxylic acid groups (broad SMARTS) is 1. The maximum Gasteiger partial charge on any atom is 0.323 e. The van der Waals surface area contributed by atoms with Crippen LogP contribution >= 0.6 is 0 Å². The number of carboxylic acids is 1. The molecule has 1 aliphatic heterocycles. The fourth-order valence-corrected chi connectivity index (χ4v) is 3.68. The van der Waals surface area contributed by atoms with Crippen LogP contribution in [0.15, 0.2) is 12.1 Å². The summed E-state index contributed by atoms with van der Waals surface area (Å²) >= 11 is 0. The molecule has 2 rings (SSSR count). The predicted octanol–water partition coefficient (Wildman–Crippen LogP) is 2.14. The lowest BCUT2D eigenvalue weighted by Gasteiger charge is -2.29. The van der Waals surface area contributed by atoms with Crippen LogP contribution in [0.2, 0.25) is 0 Å². The van der Waals surface area contributed by atoms with E-state index < -0.39 is 10.9 Å². The van der Waals surface area contributed by atoms with Crippen molar-refractivity contribution in [3.8, 4) is 0 Å². The van der Waals surface area contributed by atoms with Gasteiger partial charge in [0.15, 0.2) is 0 Å². The Bertz CT molecular complexity index is 807. The average molecular weight is 391 g/mol. The van der Waals surface area contributed by atoms with Crippen LogP contribution in [-0.2, 0) is 9.59 Å². The van der Waals surface area contributed by atoms with Crippen LogP contribution in [0.4, 0.5) is 5.69 Å². The van der Waals surface area contributed by atoms with E-state index in [-0.39, 0.29) is 30.1 Å². The first-order chi connectivity index (χ1) is 13.1. The standard InChI is InChI=1S/C19H25N3O6/c1-12-9-13(2)17(22(27)28)10-16(12)19(26)20-7-4-5-15(6-8-20)21(14(3)23)11-18(24)25/h9-10,15H,4-8,11H2,1-3H3,(H,24,25). The predicted molar refractivity (Wildman–Crippen MR) is 101 cm³/mol. The zero-order chi connectivity index (χ0) is 21.0. The molecule has 0 saturated carbocycles. The van der Waals surface area contributed by atoms with E-state index in [2.05, 4.69) is 0 Å². The molecular formula is C19H25N3O6. The van der Waals surface area contributed by atoms with Gasteiger partial charge >= 0.3 is 5.97 Å². The molecule has 0 aromatic heterocycles. The van der Waals surface area contributed by atoms with Gasteiger partial charge in [0.25, 0.3) is 11.6 Å². The average Bonchev–Trinajstić information content (AvgIpc) is 2.84. The lowest BCUT2D eigenvalue weighted by molar-refractivity contribution is -0.385. The zero-order valence-corrected chi connectivity index (χ0v) is 16.3. The second-order valence-electron chi connectivity index (χ2n) is 7.13. The number of hydrogen-bond donors (Lipinski definition) is 1. The van der Waals surface area contributed by atoms with Crippen LogP contribution in [-0.4, -0.2) is 63.3 Å². The van der Waals surface area contributed by atoms with Crippen molar-refractivity contribution >= 4 is 23.5 Å². The van der Waals surface area contributed by atoms with Gasteiger partial charge in [0, 0.05) is 43.2 Å². The Morgan fingerprint density at radius 3 is 2.46 bits per heavy atom. The topological polar surface area (TPSA) is 121 Å². The lowest BCUT2D eigenvalue weighted by Crippen LogP contribution is -2.43. The summed E-state index contributed by atoms with van der Waals surface area (Å²) in [4.78, 5) is 49.5. The molecule has 1 heterocycles. The monoisotopic (exact) mass is 391 g/mol. The van der Waals surface area contributed by atoms with Crippen molar-refractivity contribution in [3.63, 3.8) is 0 Å². The first kappa shape index (κ1) is 21.3. The molecule has 1 unspecified atom stereocenters. The third kappa shape index (κ3) is 4.85. The van der Waals surface area contributed by atoms with E-state index in [9.17, 15) is 24.5 Å². The van der Waals surface area contributed by atoms with Crippen LogP contribution < -0.4 is 0 Å². The Balaban J connectivity index is 2.19. The van der Waals surface area contributed by atoms with Crippen LogP contribution in [0.3, 0.4) is 0 Å². The van der Waals surface area contributed by atoms with Crippen molar-refractivity contribution in [1.82, 2.24) is 9.80 Å². The maximum atomic E-state index is 13.0.